The number of anilines is 2. The molecule has 0 radical (unpaired) electrons. The minimum atomic E-state index is -0.763. The van der Waals surface area contributed by atoms with Crippen LogP contribution in [0.5, 0.6) is 0 Å². The van der Waals surface area contributed by atoms with Gasteiger partial charge in [0.1, 0.15) is 0 Å². The number of para-hydroxylation sites is 2. The summed E-state index contributed by atoms with van der Waals surface area (Å²) in [5.41, 5.74) is 25.8. The van der Waals surface area contributed by atoms with E-state index in [1.807, 2.05) is 0 Å². The summed E-state index contributed by atoms with van der Waals surface area (Å²) in [6.45, 7) is 4.73. The minimum absolute atomic E-state index is 0.0856. The van der Waals surface area contributed by atoms with Gasteiger partial charge in [0.2, 0.25) is 0 Å². The van der Waals surface area contributed by atoms with Crippen LogP contribution in [0.1, 0.15) is 65.6 Å². The fraction of sp³-hybridized carbons (Fsp3) is 0.0938. The summed E-state index contributed by atoms with van der Waals surface area (Å²) in [6, 6.07) is 73.5. The summed E-state index contributed by atoms with van der Waals surface area (Å²) in [7, 11) is 0. The number of allylic oxidation sites excluding steroid dienone is 4. The molecule has 2 heterocycles. The molecule has 0 bridgehead atoms. The number of benzene rings is 9. The lowest BCUT2D eigenvalue weighted by Crippen LogP contribution is -2.31. The maximum Gasteiger partial charge on any atom is 0.0746 e. The molecule has 9 aromatic carbocycles. The Morgan fingerprint density at radius 2 is 1.14 bits per heavy atom. The van der Waals surface area contributed by atoms with Gasteiger partial charge in [-0.15, -0.1) is 0 Å². The number of nitrogens with one attached hydrogen (secondary N) is 1. The van der Waals surface area contributed by atoms with Crippen LogP contribution in [0.2, 0.25) is 0 Å². The first-order valence-electron chi connectivity index (χ1n) is 23.5. The summed E-state index contributed by atoms with van der Waals surface area (Å²) in [6.07, 6.45) is 8.93. The van der Waals surface area contributed by atoms with Crippen LogP contribution >= 0.6 is 0 Å². The van der Waals surface area contributed by atoms with Gasteiger partial charge >= 0.3 is 0 Å². The molecule has 4 aliphatic rings. The van der Waals surface area contributed by atoms with Gasteiger partial charge in [0.25, 0.3) is 0 Å². The van der Waals surface area contributed by atoms with Gasteiger partial charge in [-0.25, -0.2) is 0 Å². The van der Waals surface area contributed by atoms with Gasteiger partial charge in [-0.2, -0.15) is 0 Å². The first-order chi connectivity index (χ1) is 32.5. The molecule has 3 aliphatic carbocycles. The second kappa shape index (κ2) is 13.8. The molecule has 66 heavy (non-hydrogen) atoms. The number of fused-ring (bicyclic) bond motifs is 9. The Bertz CT molecular complexity index is 3760. The lowest BCUT2D eigenvalue weighted by Gasteiger charge is -2.39. The quantitative estimate of drug-likeness (QED) is 0.176. The van der Waals surface area contributed by atoms with E-state index in [0.29, 0.717) is 0 Å². The van der Waals surface area contributed by atoms with Crippen LogP contribution in [-0.4, -0.2) is 4.57 Å². The highest BCUT2D eigenvalue weighted by molar-refractivity contribution is 6.21. The Balaban J connectivity index is 1.19. The lowest BCUT2D eigenvalue weighted by atomic mass is 9.63. The zero-order chi connectivity index (χ0) is 43.7. The van der Waals surface area contributed by atoms with Crippen LogP contribution in [0, 0.1) is 0 Å². The monoisotopic (exact) mass is 842 g/mol. The molecule has 1 aromatic heterocycles. The number of aromatic nitrogens is 1. The minimum Gasteiger partial charge on any atom is -0.355 e. The number of hydrogen-bond donors (Lipinski definition) is 1. The van der Waals surface area contributed by atoms with Crippen LogP contribution in [0.3, 0.4) is 0 Å². The molecule has 1 N–H and O–H groups in total. The molecule has 2 nitrogen and oxygen atoms in total. The summed E-state index contributed by atoms with van der Waals surface area (Å²) in [4.78, 5) is 0. The van der Waals surface area contributed by atoms with E-state index in [1.54, 1.807) is 0 Å². The zero-order valence-corrected chi connectivity index (χ0v) is 37.1. The molecule has 10 aromatic rings. The summed E-state index contributed by atoms with van der Waals surface area (Å²) in [5, 5.41) is 6.77. The maximum absolute atomic E-state index is 4.27. The highest BCUT2D eigenvalue weighted by atomic mass is 15.0. The van der Waals surface area contributed by atoms with Crippen molar-refractivity contribution in [1.82, 2.24) is 4.57 Å². The van der Waals surface area contributed by atoms with Gasteiger partial charge in [-0.1, -0.05) is 196 Å². The molecule has 1 aliphatic heterocycles. The van der Waals surface area contributed by atoms with Crippen molar-refractivity contribution < 1.29 is 0 Å². The van der Waals surface area contributed by atoms with Crippen LogP contribution in [0.15, 0.2) is 212 Å². The third kappa shape index (κ3) is 4.91. The summed E-state index contributed by atoms with van der Waals surface area (Å²) in [5.74, 6) is 0. The molecule has 0 fully saturated rings. The Hall–Kier alpha value is -7.94. The molecule has 1 unspecified atom stereocenters. The fourth-order valence-corrected chi connectivity index (χ4v) is 12.8. The van der Waals surface area contributed by atoms with Crippen molar-refractivity contribution >= 4 is 38.8 Å². The number of hydrogen-bond acceptors (Lipinski definition) is 1. The van der Waals surface area contributed by atoms with E-state index in [4.69, 9.17) is 0 Å². The normalized spacial score (nSPS) is 16.7. The Labute approximate surface area is 385 Å². The lowest BCUT2D eigenvalue weighted by molar-refractivity contribution is 0.660. The molecule has 0 saturated heterocycles. The van der Waals surface area contributed by atoms with Crippen LogP contribution in [-0.2, 0) is 10.8 Å². The van der Waals surface area contributed by atoms with E-state index in [0.717, 1.165) is 24.2 Å². The second-order valence-corrected chi connectivity index (χ2v) is 19.1. The summed E-state index contributed by atoms with van der Waals surface area (Å²) < 4.78 is 2.58. The van der Waals surface area contributed by atoms with Crippen molar-refractivity contribution in [3.05, 3.63) is 251 Å². The van der Waals surface area contributed by atoms with Crippen molar-refractivity contribution in [1.29, 1.82) is 0 Å². The predicted octanol–water partition coefficient (Wildman–Crippen LogP) is 16.6. The molecule has 312 valence electrons. The molecule has 0 saturated carbocycles. The first-order valence-corrected chi connectivity index (χ1v) is 23.5. The molecular weight excluding hydrogens is 797 g/mol. The smallest absolute Gasteiger partial charge is 0.0746 e. The van der Waals surface area contributed by atoms with Crippen LogP contribution < -0.4 is 5.32 Å². The predicted molar refractivity (Wildman–Crippen MR) is 276 cm³/mol. The largest absolute Gasteiger partial charge is 0.355 e. The second-order valence-electron chi connectivity index (χ2n) is 19.1. The van der Waals surface area contributed by atoms with Crippen molar-refractivity contribution in [2.75, 3.05) is 5.32 Å². The maximum atomic E-state index is 4.27. The number of nitrogens with zero attached hydrogens (tertiary/aromatic N) is 1. The Kier molecular flexibility index (Phi) is 7.82. The van der Waals surface area contributed by atoms with Gasteiger partial charge in [0.05, 0.1) is 22.1 Å². The Morgan fingerprint density at radius 1 is 0.485 bits per heavy atom. The molecule has 0 amide bonds. The molecule has 14 rings (SSSR count). The Morgan fingerprint density at radius 3 is 1.95 bits per heavy atom. The van der Waals surface area contributed by atoms with Crippen LogP contribution in [0.4, 0.5) is 11.4 Å². The molecule has 1 atom stereocenters. The molecule has 0 spiro atoms. The highest BCUT2D eigenvalue weighted by Gasteiger charge is 2.53. The standard InChI is InChI=1S/C64H46N2/c1-63(2)51-30-14-11-26-45(51)49-38-42(36-37-52(49)63)65-56-39-50-47-28-13-18-35-58(47)66-57-34-17-12-27-46(57)48-29-19-33-55-59(48)60(62(50)66)61(56)64(55,53-31-15-9-24-43(53)40-20-5-3-6-21-40)54-32-16-10-25-44(54)41-22-7-4-8-23-41/h3-7,9-22,24-39,65H,8,23H2,1-2H3. The molecule has 2 heteroatoms. The zero-order valence-electron chi connectivity index (χ0n) is 37.1. The van der Waals surface area contributed by atoms with Gasteiger partial charge < -0.3 is 9.88 Å². The fourth-order valence-electron chi connectivity index (χ4n) is 12.8. The van der Waals surface area contributed by atoms with Crippen LogP contribution in [0.25, 0.3) is 77.6 Å². The average molecular weight is 843 g/mol. The highest BCUT2D eigenvalue weighted by Crippen LogP contribution is 2.66. The SMILES string of the molecule is CC1(C)c2ccccc2-c2cc(Nc3cc4c5ccccc5n5c4c4c3C(c3ccccc3C3=CC=CCC3)(c3ccccc3-c3ccccc3)c3cccc(c3-4)-c3ccccc3-5)ccc21. The van der Waals surface area contributed by atoms with Gasteiger partial charge in [0, 0.05) is 44.3 Å². The van der Waals surface area contributed by atoms with E-state index in [-0.39, 0.29) is 5.41 Å². The topological polar surface area (TPSA) is 17.0 Å². The van der Waals surface area contributed by atoms with Crippen molar-refractivity contribution in [2.45, 2.75) is 37.5 Å². The van der Waals surface area contributed by atoms with Gasteiger partial charge in [-0.05, 0) is 116 Å². The molecular formula is C64H46N2. The van der Waals surface area contributed by atoms with Crippen molar-refractivity contribution in [3.8, 4) is 50.2 Å². The van der Waals surface area contributed by atoms with E-state index in [9.17, 15) is 0 Å². The third-order valence-electron chi connectivity index (χ3n) is 15.5. The van der Waals surface area contributed by atoms with Gasteiger partial charge in [-0.3, -0.25) is 0 Å². The van der Waals surface area contributed by atoms with Gasteiger partial charge in [0.15, 0.2) is 0 Å². The van der Waals surface area contributed by atoms with E-state index >= 15 is 0 Å². The van der Waals surface area contributed by atoms with E-state index < -0.39 is 5.41 Å². The summed E-state index contributed by atoms with van der Waals surface area (Å²) >= 11 is 0. The van der Waals surface area contributed by atoms with Crippen molar-refractivity contribution in [3.63, 3.8) is 0 Å². The third-order valence-corrected chi connectivity index (χ3v) is 15.5. The average Bonchev–Trinajstić information content (AvgIpc) is 3.92. The van der Waals surface area contributed by atoms with E-state index in [1.165, 1.54) is 117 Å². The first kappa shape index (κ1) is 37.4. The van der Waals surface area contributed by atoms with E-state index in [2.05, 4.69) is 236 Å². The van der Waals surface area contributed by atoms with Crippen molar-refractivity contribution in [2.24, 2.45) is 0 Å². The number of rotatable bonds is 6.